The first-order valence-corrected chi connectivity index (χ1v) is 5.68. The molecule has 0 saturated carbocycles. The van der Waals surface area contributed by atoms with Gasteiger partial charge in [0.15, 0.2) is 0 Å². The Kier molecular flexibility index (Phi) is 3.60. The summed E-state index contributed by atoms with van der Waals surface area (Å²) in [6, 6.07) is 5.50. The fourth-order valence-electron chi connectivity index (χ4n) is 1.57. The van der Waals surface area contributed by atoms with Gasteiger partial charge in [0.25, 0.3) is 11.5 Å². The summed E-state index contributed by atoms with van der Waals surface area (Å²) in [6.45, 7) is 1.70. The first-order chi connectivity index (χ1) is 9.47. The second-order valence-corrected chi connectivity index (χ2v) is 4.07. The highest BCUT2D eigenvalue weighted by Crippen LogP contribution is 2.08. The van der Waals surface area contributed by atoms with Gasteiger partial charge in [-0.1, -0.05) is 0 Å². The summed E-state index contributed by atoms with van der Waals surface area (Å²) in [5, 5.41) is 11.2. The summed E-state index contributed by atoms with van der Waals surface area (Å²) in [5.41, 5.74) is 0.0423. The lowest BCUT2D eigenvalue weighted by atomic mass is 10.2. The predicted octanol–water partition coefficient (Wildman–Crippen LogP) is 1.03. The third-order valence-electron chi connectivity index (χ3n) is 2.55. The summed E-state index contributed by atoms with van der Waals surface area (Å²) in [6.07, 6.45) is 1.26. The normalized spacial score (nSPS) is 10.1. The number of pyridine rings is 2. The molecule has 20 heavy (non-hydrogen) atoms. The number of aryl methyl sites for hydroxylation is 1. The molecule has 102 valence electrons. The number of nitrogens with one attached hydrogen (secondary N) is 2. The topological polar surface area (TPSA) is 112 Å². The highest BCUT2D eigenvalue weighted by Gasteiger charge is 2.12. The molecule has 0 atom stereocenters. The van der Waals surface area contributed by atoms with E-state index in [1.807, 2.05) is 0 Å². The Balaban J connectivity index is 2.25. The van der Waals surface area contributed by atoms with E-state index in [1.165, 1.54) is 24.4 Å². The van der Waals surface area contributed by atoms with Gasteiger partial charge in [-0.2, -0.15) is 0 Å². The van der Waals surface area contributed by atoms with Crippen molar-refractivity contribution < 1.29 is 14.7 Å². The molecule has 0 spiro atoms. The fourth-order valence-corrected chi connectivity index (χ4v) is 1.57. The molecular formula is C13H11N3O4. The number of carboxylic acid groups (broad SMARTS) is 1. The van der Waals surface area contributed by atoms with E-state index in [0.29, 0.717) is 5.69 Å². The van der Waals surface area contributed by atoms with Crippen LogP contribution in [0.5, 0.6) is 0 Å². The number of carboxylic acids is 1. The van der Waals surface area contributed by atoms with Crippen LogP contribution in [0.2, 0.25) is 0 Å². The molecule has 0 saturated heterocycles. The summed E-state index contributed by atoms with van der Waals surface area (Å²) < 4.78 is 0. The average Bonchev–Trinajstić information content (AvgIpc) is 2.38. The largest absolute Gasteiger partial charge is 0.478 e. The lowest BCUT2D eigenvalue weighted by molar-refractivity contribution is 0.0696. The number of aromatic amines is 1. The third-order valence-corrected chi connectivity index (χ3v) is 2.55. The van der Waals surface area contributed by atoms with Crippen LogP contribution in [0, 0.1) is 6.92 Å². The number of hydrogen-bond donors (Lipinski definition) is 3. The Morgan fingerprint density at radius 1 is 1.30 bits per heavy atom. The summed E-state index contributed by atoms with van der Waals surface area (Å²) in [4.78, 5) is 40.7. The van der Waals surface area contributed by atoms with Crippen molar-refractivity contribution in [3.8, 4) is 0 Å². The van der Waals surface area contributed by atoms with Crippen LogP contribution >= 0.6 is 0 Å². The van der Waals surface area contributed by atoms with E-state index in [9.17, 15) is 14.4 Å². The molecule has 0 unspecified atom stereocenters. The number of amides is 1. The molecule has 0 aliphatic rings. The van der Waals surface area contributed by atoms with E-state index in [-0.39, 0.29) is 16.9 Å². The number of carbonyl (C=O) groups is 2. The van der Waals surface area contributed by atoms with Gasteiger partial charge in [0.2, 0.25) is 0 Å². The summed E-state index contributed by atoms with van der Waals surface area (Å²) in [7, 11) is 0. The lowest BCUT2D eigenvalue weighted by Gasteiger charge is -2.04. The first-order valence-electron chi connectivity index (χ1n) is 5.68. The number of anilines is 1. The van der Waals surface area contributed by atoms with Gasteiger partial charge in [-0.25, -0.2) is 9.78 Å². The van der Waals surface area contributed by atoms with E-state index < -0.39 is 17.4 Å². The monoisotopic (exact) mass is 273 g/mol. The van der Waals surface area contributed by atoms with Gasteiger partial charge in [-0.15, -0.1) is 0 Å². The first kappa shape index (κ1) is 13.5. The van der Waals surface area contributed by atoms with Crippen LogP contribution in [0.4, 0.5) is 5.82 Å². The maximum absolute atomic E-state index is 11.9. The van der Waals surface area contributed by atoms with Crippen LogP contribution in [-0.2, 0) is 0 Å². The Morgan fingerprint density at radius 2 is 2.05 bits per heavy atom. The van der Waals surface area contributed by atoms with Gasteiger partial charge < -0.3 is 15.4 Å². The highest BCUT2D eigenvalue weighted by molar-refractivity contribution is 6.03. The van der Waals surface area contributed by atoms with Crippen LogP contribution in [0.1, 0.15) is 26.4 Å². The molecule has 2 rings (SSSR count). The molecule has 1 amide bonds. The number of carbonyl (C=O) groups excluding carboxylic acids is 1. The molecule has 0 bridgehead atoms. The van der Waals surface area contributed by atoms with E-state index in [1.54, 1.807) is 13.0 Å². The van der Waals surface area contributed by atoms with Crippen molar-refractivity contribution in [3.05, 3.63) is 57.6 Å². The minimum Gasteiger partial charge on any atom is -0.478 e. The minimum absolute atomic E-state index is 0.00637. The molecule has 7 nitrogen and oxygen atoms in total. The van der Waals surface area contributed by atoms with Crippen LogP contribution in [-0.4, -0.2) is 27.0 Å². The van der Waals surface area contributed by atoms with Crippen LogP contribution < -0.4 is 10.9 Å². The van der Waals surface area contributed by atoms with E-state index >= 15 is 0 Å². The van der Waals surface area contributed by atoms with Gasteiger partial charge in [-0.3, -0.25) is 9.59 Å². The third kappa shape index (κ3) is 2.89. The second-order valence-electron chi connectivity index (χ2n) is 4.07. The van der Waals surface area contributed by atoms with E-state index in [2.05, 4.69) is 15.3 Å². The fraction of sp³-hybridized carbons (Fsp3) is 0.0769. The Labute approximate surface area is 113 Å². The quantitative estimate of drug-likeness (QED) is 0.773. The second kappa shape index (κ2) is 5.35. The molecule has 2 aromatic heterocycles. The molecule has 7 heteroatoms. The molecule has 2 heterocycles. The number of aromatic carboxylic acids is 1. The van der Waals surface area contributed by atoms with Crippen molar-refractivity contribution in [1.29, 1.82) is 0 Å². The zero-order valence-electron chi connectivity index (χ0n) is 10.5. The predicted molar refractivity (Wildman–Crippen MR) is 70.9 cm³/mol. The molecule has 0 radical (unpaired) electrons. The Bertz CT molecular complexity index is 736. The Hall–Kier alpha value is -2.96. The summed E-state index contributed by atoms with van der Waals surface area (Å²) >= 11 is 0. The van der Waals surface area contributed by atoms with Crippen molar-refractivity contribution in [3.63, 3.8) is 0 Å². The summed E-state index contributed by atoms with van der Waals surface area (Å²) in [5.74, 6) is -1.72. The maximum Gasteiger partial charge on any atom is 0.335 e. The van der Waals surface area contributed by atoms with Crippen LogP contribution in [0.25, 0.3) is 0 Å². The zero-order chi connectivity index (χ0) is 14.7. The molecule has 0 fully saturated rings. The van der Waals surface area contributed by atoms with E-state index in [4.69, 9.17) is 5.11 Å². The smallest absolute Gasteiger partial charge is 0.335 e. The molecule has 0 aliphatic carbocycles. The zero-order valence-corrected chi connectivity index (χ0v) is 10.5. The number of nitrogens with zero attached hydrogens (tertiary/aromatic N) is 1. The number of H-pyrrole nitrogens is 1. The minimum atomic E-state index is -1.13. The number of aromatic nitrogens is 2. The SMILES string of the molecule is Cc1ccc(C(=O)Nc2cc(C(=O)O)ccn2)c(=O)[nH]1. The standard InChI is InChI=1S/C13H11N3O4/c1-7-2-3-9(11(17)15-7)12(18)16-10-6-8(13(19)20)4-5-14-10/h2-6H,1H3,(H,15,17)(H,19,20)(H,14,16,18). The molecule has 3 N–H and O–H groups in total. The molecule has 2 aromatic rings. The van der Waals surface area contributed by atoms with Crippen LogP contribution in [0.3, 0.4) is 0 Å². The molecular weight excluding hydrogens is 262 g/mol. The van der Waals surface area contributed by atoms with Crippen molar-refractivity contribution >= 4 is 17.7 Å². The van der Waals surface area contributed by atoms with Gasteiger partial charge in [0.05, 0.1) is 5.56 Å². The van der Waals surface area contributed by atoms with Gasteiger partial charge >= 0.3 is 5.97 Å². The number of rotatable bonds is 3. The Morgan fingerprint density at radius 3 is 2.70 bits per heavy atom. The van der Waals surface area contributed by atoms with Crippen molar-refractivity contribution in [2.45, 2.75) is 6.92 Å². The van der Waals surface area contributed by atoms with Crippen LogP contribution in [0.15, 0.2) is 35.3 Å². The van der Waals surface area contributed by atoms with E-state index in [0.717, 1.165) is 0 Å². The van der Waals surface area contributed by atoms with Crippen molar-refractivity contribution in [2.24, 2.45) is 0 Å². The maximum atomic E-state index is 11.9. The van der Waals surface area contributed by atoms with Gasteiger partial charge in [0.1, 0.15) is 11.4 Å². The average molecular weight is 273 g/mol. The van der Waals surface area contributed by atoms with Gasteiger partial charge in [0, 0.05) is 11.9 Å². The highest BCUT2D eigenvalue weighted by atomic mass is 16.4. The van der Waals surface area contributed by atoms with Crippen molar-refractivity contribution in [2.75, 3.05) is 5.32 Å². The van der Waals surface area contributed by atoms with Crippen molar-refractivity contribution in [1.82, 2.24) is 9.97 Å². The molecule has 0 aliphatic heterocycles. The van der Waals surface area contributed by atoms with Gasteiger partial charge in [-0.05, 0) is 31.2 Å². The molecule has 0 aromatic carbocycles. The number of hydrogen-bond acceptors (Lipinski definition) is 4. The lowest BCUT2D eigenvalue weighted by Crippen LogP contribution is -2.23.